The van der Waals surface area contributed by atoms with Crippen LogP contribution in [0, 0.1) is 0 Å². The molecule has 3 fully saturated rings. The normalized spacial score (nSPS) is 26.3. The minimum Gasteiger partial charge on any atom is -0.394 e. The maximum absolute atomic E-state index is 13.5. The van der Waals surface area contributed by atoms with Gasteiger partial charge < -0.3 is 89.9 Å². The Hall–Kier alpha value is -3.03. The number of hydrogen-bond donors (Lipinski definition) is 12. The van der Waals surface area contributed by atoms with E-state index in [0.29, 0.717) is 12.8 Å². The summed E-state index contributed by atoms with van der Waals surface area (Å²) in [7, 11) is 0. The van der Waals surface area contributed by atoms with Crippen LogP contribution in [0.2, 0.25) is 0 Å². The van der Waals surface area contributed by atoms with Crippen LogP contribution >= 0.6 is 0 Å². The van der Waals surface area contributed by atoms with E-state index in [4.69, 9.17) is 28.4 Å². The fourth-order valence-corrected chi connectivity index (χ4v) is 13.7. The van der Waals surface area contributed by atoms with E-state index < -0.39 is 124 Å². The van der Waals surface area contributed by atoms with Crippen LogP contribution in [0.25, 0.3) is 0 Å². The number of unbranched alkanes of at least 4 members (excludes halogenated alkanes) is 38. The van der Waals surface area contributed by atoms with Crippen LogP contribution in [-0.4, -0.2) is 193 Å². The molecule has 0 aliphatic carbocycles. The molecule has 19 heteroatoms. The first-order valence-corrected chi connectivity index (χ1v) is 41.8. The van der Waals surface area contributed by atoms with Crippen molar-refractivity contribution in [1.82, 2.24) is 5.32 Å². The molecule has 0 aromatic heterocycles. The Morgan fingerprint density at radius 2 is 0.673 bits per heavy atom. The highest BCUT2D eigenvalue weighted by Gasteiger charge is 2.54. The summed E-state index contributed by atoms with van der Waals surface area (Å²) < 4.78 is 34.4. The molecule has 17 atom stereocenters. The molecular weight excluding hydrogens is 1320 g/mol. The number of allylic oxidation sites excluding steroid dienone is 13. The quantitative estimate of drug-likeness (QED) is 0.0199. The molecule has 0 bridgehead atoms. The minimum atomic E-state index is -1.99. The molecule has 104 heavy (non-hydrogen) atoms. The van der Waals surface area contributed by atoms with Gasteiger partial charge in [0.25, 0.3) is 0 Å². The van der Waals surface area contributed by atoms with Crippen LogP contribution < -0.4 is 5.32 Å². The largest absolute Gasteiger partial charge is 0.394 e. The van der Waals surface area contributed by atoms with Crippen LogP contribution in [0.4, 0.5) is 0 Å². The van der Waals surface area contributed by atoms with Gasteiger partial charge in [-0.3, -0.25) is 4.79 Å². The molecular formula is C85H151NO18. The van der Waals surface area contributed by atoms with E-state index in [1.54, 1.807) is 6.08 Å². The number of aliphatic hydroxyl groups is 11. The smallest absolute Gasteiger partial charge is 0.220 e. The predicted molar refractivity (Wildman–Crippen MR) is 415 cm³/mol. The fraction of sp³-hybridized carbons (Fsp3) is 0.824. The van der Waals surface area contributed by atoms with Gasteiger partial charge in [0.1, 0.15) is 73.2 Å². The highest BCUT2D eigenvalue weighted by atomic mass is 16.8. The minimum absolute atomic E-state index is 0.228. The van der Waals surface area contributed by atoms with Gasteiger partial charge in [0.2, 0.25) is 5.91 Å². The Balaban J connectivity index is 1.38. The molecule has 3 aliphatic rings. The molecule has 3 saturated heterocycles. The molecule has 604 valence electrons. The molecule has 3 aliphatic heterocycles. The monoisotopic (exact) mass is 1470 g/mol. The van der Waals surface area contributed by atoms with Crippen LogP contribution in [0.1, 0.15) is 316 Å². The lowest BCUT2D eigenvalue weighted by molar-refractivity contribution is -0.379. The Morgan fingerprint density at radius 3 is 1.08 bits per heavy atom. The second kappa shape index (κ2) is 64.8. The van der Waals surface area contributed by atoms with Crippen LogP contribution in [0.15, 0.2) is 85.1 Å². The summed E-state index contributed by atoms with van der Waals surface area (Å²) >= 11 is 0. The Bertz CT molecular complexity index is 2210. The summed E-state index contributed by atoms with van der Waals surface area (Å²) in [5.41, 5.74) is 0. The zero-order valence-corrected chi connectivity index (χ0v) is 64.7. The van der Waals surface area contributed by atoms with Gasteiger partial charge in [-0.1, -0.05) is 311 Å². The fourth-order valence-electron chi connectivity index (χ4n) is 13.7. The lowest BCUT2D eigenvalue weighted by Crippen LogP contribution is -2.66. The van der Waals surface area contributed by atoms with E-state index in [9.17, 15) is 61.0 Å². The highest BCUT2D eigenvalue weighted by Crippen LogP contribution is 2.33. The van der Waals surface area contributed by atoms with Crippen LogP contribution in [-0.2, 0) is 33.2 Å². The van der Waals surface area contributed by atoms with Gasteiger partial charge >= 0.3 is 0 Å². The Kier molecular flexibility index (Phi) is 59.3. The van der Waals surface area contributed by atoms with Gasteiger partial charge in [-0.05, 0) is 83.5 Å². The zero-order chi connectivity index (χ0) is 75.3. The lowest BCUT2D eigenvalue weighted by atomic mass is 9.96. The summed E-state index contributed by atoms with van der Waals surface area (Å²) in [4.78, 5) is 13.5. The molecule has 12 N–H and O–H groups in total. The van der Waals surface area contributed by atoms with E-state index in [2.05, 4.69) is 92.1 Å². The van der Waals surface area contributed by atoms with Crippen molar-refractivity contribution in [2.45, 2.75) is 420 Å². The molecule has 0 aromatic carbocycles. The highest BCUT2D eigenvalue weighted by molar-refractivity contribution is 5.76. The molecule has 17 unspecified atom stereocenters. The van der Waals surface area contributed by atoms with Crippen molar-refractivity contribution in [1.29, 1.82) is 0 Å². The number of nitrogens with one attached hydrogen (secondary N) is 1. The third kappa shape index (κ3) is 44.0. The topological polar surface area (TPSA) is 307 Å². The standard InChI is InChI=1S/C85H151NO18/c1-3-5-7-9-11-13-15-17-19-21-23-25-27-29-31-32-33-34-35-37-38-40-42-44-46-48-50-52-54-56-58-60-62-69(90)68(86-73(91)63-61-59-57-55-53-51-49-47-45-43-41-39-36-30-28-26-24-22-20-18-16-14-12-10-8-6-4-2)67-99-83-79(97)76(94)81(71(65-88)101-83)104-85-80(98)77(95)82(72(66-89)102-85)103-84-78(96)75(93)74(92)70(64-87)100-84/h6,8,12,14,18,20,24,26,44,46,52,54,60,62,68-72,74-85,87-90,92-98H,3-5,7,9-11,13,15-17,19,21-23,25,27-43,45,47-51,53,55-59,61,63-67H2,1-2H3,(H,86,91)/b8-6-,14-12-,20-18-,26-24-,46-44+,54-52+,62-60+. The number of rotatable bonds is 66. The van der Waals surface area contributed by atoms with E-state index in [1.165, 1.54) is 205 Å². The van der Waals surface area contributed by atoms with Gasteiger partial charge in [0.15, 0.2) is 18.9 Å². The molecule has 0 radical (unpaired) electrons. The van der Waals surface area contributed by atoms with Gasteiger partial charge in [0, 0.05) is 6.42 Å². The average Bonchev–Trinajstić information content (AvgIpc) is 0.783. The van der Waals surface area contributed by atoms with E-state index in [1.807, 2.05) is 6.08 Å². The van der Waals surface area contributed by atoms with E-state index in [-0.39, 0.29) is 18.9 Å². The number of aliphatic hydroxyl groups excluding tert-OH is 11. The summed E-state index contributed by atoms with van der Waals surface area (Å²) in [6.45, 7) is 1.63. The third-order valence-electron chi connectivity index (χ3n) is 20.4. The SMILES string of the molecule is CC/C=C\C/C=C\C/C=C\C/C=C\CCCCCCCCCCCCCCCCC(=O)NC(COC1OC(CO)C(OC2OC(CO)C(OC3OC(CO)C(O)C(O)C3O)C(O)C2O)C(O)C1O)C(O)/C=C/CC/C=C/CC/C=C/CCCCCCCCCCCCCCCCCCCCCCCC. The van der Waals surface area contributed by atoms with Crippen molar-refractivity contribution in [2.75, 3.05) is 26.4 Å². The van der Waals surface area contributed by atoms with Crippen molar-refractivity contribution in [3.63, 3.8) is 0 Å². The summed E-state index contributed by atoms with van der Waals surface area (Å²) in [5, 5.41) is 121. The number of carbonyl (C=O) groups excluding carboxylic acids is 1. The Labute approximate surface area is 629 Å². The van der Waals surface area contributed by atoms with Crippen molar-refractivity contribution in [3.8, 4) is 0 Å². The molecule has 0 aromatic rings. The average molecular weight is 1480 g/mol. The molecule has 0 spiro atoms. The van der Waals surface area contributed by atoms with Gasteiger partial charge in [-0.2, -0.15) is 0 Å². The maximum atomic E-state index is 13.5. The first-order valence-electron chi connectivity index (χ1n) is 41.8. The second-order valence-electron chi connectivity index (χ2n) is 29.5. The van der Waals surface area contributed by atoms with Crippen molar-refractivity contribution in [3.05, 3.63) is 85.1 Å². The first-order chi connectivity index (χ1) is 50.8. The Morgan fingerprint density at radius 1 is 0.356 bits per heavy atom. The first kappa shape index (κ1) is 95.2. The molecule has 3 rings (SSSR count). The number of amides is 1. The summed E-state index contributed by atoms with van der Waals surface area (Å²) in [6, 6.07) is -1.00. The van der Waals surface area contributed by atoms with Crippen molar-refractivity contribution < 1.29 is 89.4 Å². The maximum Gasteiger partial charge on any atom is 0.220 e. The van der Waals surface area contributed by atoms with Crippen molar-refractivity contribution >= 4 is 5.91 Å². The van der Waals surface area contributed by atoms with Crippen molar-refractivity contribution in [2.24, 2.45) is 0 Å². The molecule has 19 nitrogen and oxygen atoms in total. The predicted octanol–water partition coefficient (Wildman–Crippen LogP) is 14.6. The van der Waals surface area contributed by atoms with Crippen LogP contribution in [0.5, 0.6) is 0 Å². The third-order valence-corrected chi connectivity index (χ3v) is 20.4. The lowest BCUT2D eigenvalue weighted by Gasteiger charge is -2.48. The van der Waals surface area contributed by atoms with Crippen LogP contribution in [0.3, 0.4) is 0 Å². The van der Waals surface area contributed by atoms with Gasteiger partial charge in [-0.25, -0.2) is 0 Å². The summed E-state index contributed by atoms with van der Waals surface area (Å²) in [5.74, 6) is -0.290. The molecule has 0 saturated carbocycles. The molecule has 3 heterocycles. The summed E-state index contributed by atoms with van der Waals surface area (Å²) in [6.07, 6.45) is 60.1. The number of carbonyl (C=O) groups is 1. The zero-order valence-electron chi connectivity index (χ0n) is 64.7. The van der Waals surface area contributed by atoms with Gasteiger partial charge in [-0.15, -0.1) is 0 Å². The van der Waals surface area contributed by atoms with Gasteiger partial charge in [0.05, 0.1) is 38.6 Å². The second-order valence-corrected chi connectivity index (χ2v) is 29.5. The van der Waals surface area contributed by atoms with E-state index >= 15 is 0 Å². The molecule has 1 amide bonds. The number of hydrogen-bond acceptors (Lipinski definition) is 18. The van der Waals surface area contributed by atoms with E-state index in [0.717, 1.165) is 77.0 Å². The number of ether oxygens (including phenoxy) is 6.